The molecule has 0 spiro atoms. The van der Waals surface area contributed by atoms with Gasteiger partial charge in [0.1, 0.15) is 12.2 Å². The molecule has 1 heterocycles. The number of carbonyl (C=O) groups is 2. The molecule has 7 nitrogen and oxygen atoms in total. The Kier molecular flexibility index (Phi) is 29.5. The van der Waals surface area contributed by atoms with Crippen LogP contribution < -0.4 is 0 Å². The topological polar surface area (TPSA) is 102 Å². The van der Waals surface area contributed by atoms with Crippen LogP contribution in [-0.2, 0) is 23.8 Å². The molecule has 1 aliphatic rings. The van der Waals surface area contributed by atoms with Crippen LogP contribution in [0.5, 0.6) is 0 Å². The van der Waals surface area contributed by atoms with E-state index in [-0.39, 0.29) is 25.4 Å². The lowest BCUT2D eigenvalue weighted by Crippen LogP contribution is -2.45. The Bertz CT molecular complexity index is 755. The van der Waals surface area contributed by atoms with Gasteiger partial charge < -0.3 is 24.4 Å². The van der Waals surface area contributed by atoms with Crippen molar-refractivity contribution in [2.45, 2.75) is 218 Å². The maximum Gasteiger partial charge on any atom is 0.306 e. The van der Waals surface area contributed by atoms with Crippen LogP contribution in [-0.4, -0.2) is 59.8 Å². The third kappa shape index (κ3) is 24.4. The lowest BCUT2D eigenvalue weighted by Gasteiger charge is -2.27. The summed E-state index contributed by atoms with van der Waals surface area (Å²) in [5.41, 5.74) is 0. The number of allylic oxidation sites excluding steroid dienone is 2. The molecule has 0 amide bonds. The summed E-state index contributed by atoms with van der Waals surface area (Å²) < 4.78 is 16.7. The predicted molar refractivity (Wildman–Crippen MR) is 192 cm³/mol. The lowest BCUT2D eigenvalue weighted by molar-refractivity contribution is -0.171. The highest BCUT2D eigenvalue weighted by Gasteiger charge is 2.45. The Balaban J connectivity index is 2.12. The van der Waals surface area contributed by atoms with E-state index in [1.807, 2.05) is 0 Å². The molecule has 0 unspecified atom stereocenters. The summed E-state index contributed by atoms with van der Waals surface area (Å²) in [7, 11) is 0. The molecule has 0 aromatic rings. The van der Waals surface area contributed by atoms with Gasteiger partial charge in [-0.15, -0.1) is 0 Å². The number of rotatable bonds is 33. The van der Waals surface area contributed by atoms with E-state index in [1.54, 1.807) is 0 Å². The van der Waals surface area contributed by atoms with Crippen LogP contribution in [0.15, 0.2) is 12.2 Å². The monoisotopic (exact) mass is 667 g/mol. The molecular weight excluding hydrogens is 592 g/mol. The zero-order chi connectivity index (χ0) is 34.2. The predicted octanol–water partition coefficient (Wildman–Crippen LogP) is 10.1. The number of carbonyl (C=O) groups excluding carboxylic acids is 2. The van der Waals surface area contributed by atoms with Crippen molar-refractivity contribution in [1.82, 2.24) is 0 Å². The van der Waals surface area contributed by atoms with Crippen LogP contribution in [0.4, 0.5) is 0 Å². The normalized spacial score (nSPS) is 18.6. The second-order valence-corrected chi connectivity index (χ2v) is 13.9. The van der Waals surface area contributed by atoms with E-state index in [9.17, 15) is 19.8 Å². The number of unbranched alkanes of at least 4 members (excludes halogenated alkanes) is 23. The van der Waals surface area contributed by atoms with Crippen molar-refractivity contribution in [1.29, 1.82) is 0 Å². The lowest BCUT2D eigenvalue weighted by atomic mass is 10.0. The largest absolute Gasteiger partial charge is 0.457 e. The Morgan fingerprint density at radius 2 is 1.04 bits per heavy atom. The average Bonchev–Trinajstić information content (AvgIpc) is 3.42. The number of aliphatic hydroxyl groups excluding tert-OH is 2. The van der Waals surface area contributed by atoms with Gasteiger partial charge in [0, 0.05) is 12.8 Å². The Labute approximate surface area is 289 Å². The van der Waals surface area contributed by atoms with E-state index in [0.717, 1.165) is 51.4 Å². The van der Waals surface area contributed by atoms with Crippen LogP contribution >= 0.6 is 0 Å². The van der Waals surface area contributed by atoms with E-state index < -0.39 is 37.0 Å². The van der Waals surface area contributed by atoms with Crippen LogP contribution in [0.3, 0.4) is 0 Å². The molecule has 1 rings (SSSR count). The van der Waals surface area contributed by atoms with Crippen molar-refractivity contribution in [2.24, 2.45) is 0 Å². The first-order valence-electron chi connectivity index (χ1n) is 20.0. The summed E-state index contributed by atoms with van der Waals surface area (Å²) in [5.74, 6) is -0.785. The SMILES string of the molecule is CCCCCCCC/C=C\CCCCCCCC(=O)O[C@H](CO)[C@H]1OC[C@H](O)[C@H]1OC(=O)CCCCCCCCCCCCCCC. The van der Waals surface area contributed by atoms with Crippen LogP contribution in [0, 0.1) is 0 Å². The van der Waals surface area contributed by atoms with Gasteiger partial charge in [0.15, 0.2) is 12.2 Å². The van der Waals surface area contributed by atoms with E-state index in [0.29, 0.717) is 0 Å². The second-order valence-electron chi connectivity index (χ2n) is 13.9. The Morgan fingerprint density at radius 1 is 0.638 bits per heavy atom. The average molecular weight is 667 g/mol. The number of hydrogen-bond donors (Lipinski definition) is 2. The highest BCUT2D eigenvalue weighted by molar-refractivity contribution is 5.70. The van der Waals surface area contributed by atoms with Gasteiger partial charge in [-0.25, -0.2) is 0 Å². The number of ether oxygens (including phenoxy) is 3. The minimum atomic E-state index is -1.01. The maximum absolute atomic E-state index is 12.5. The molecule has 0 bridgehead atoms. The van der Waals surface area contributed by atoms with E-state index in [2.05, 4.69) is 26.0 Å². The summed E-state index contributed by atoms with van der Waals surface area (Å²) in [5, 5.41) is 20.3. The fourth-order valence-electron chi connectivity index (χ4n) is 6.36. The van der Waals surface area contributed by atoms with Crippen LogP contribution in [0.25, 0.3) is 0 Å². The highest BCUT2D eigenvalue weighted by atomic mass is 16.6. The van der Waals surface area contributed by atoms with Crippen molar-refractivity contribution >= 4 is 11.9 Å². The van der Waals surface area contributed by atoms with E-state index in [4.69, 9.17) is 14.2 Å². The summed E-state index contributed by atoms with van der Waals surface area (Å²) in [6, 6.07) is 0. The van der Waals surface area contributed by atoms with Gasteiger partial charge in [-0.3, -0.25) is 9.59 Å². The molecule has 1 saturated heterocycles. The molecule has 0 aromatic carbocycles. The van der Waals surface area contributed by atoms with Crippen molar-refractivity contribution in [3.63, 3.8) is 0 Å². The molecule has 0 radical (unpaired) electrons. The molecule has 1 aliphatic heterocycles. The smallest absolute Gasteiger partial charge is 0.306 e. The summed E-state index contributed by atoms with van der Waals surface area (Å²) >= 11 is 0. The van der Waals surface area contributed by atoms with Crippen molar-refractivity contribution in [2.75, 3.05) is 13.2 Å². The molecule has 47 heavy (non-hydrogen) atoms. The molecule has 4 atom stereocenters. The molecule has 0 aromatic heterocycles. The van der Waals surface area contributed by atoms with E-state index >= 15 is 0 Å². The van der Waals surface area contributed by atoms with Gasteiger partial charge in [-0.2, -0.15) is 0 Å². The van der Waals surface area contributed by atoms with Crippen molar-refractivity contribution < 1.29 is 34.0 Å². The Morgan fingerprint density at radius 3 is 1.49 bits per heavy atom. The summed E-state index contributed by atoms with van der Waals surface area (Å²) in [6.07, 6.45) is 32.9. The minimum Gasteiger partial charge on any atom is -0.457 e. The first-order valence-corrected chi connectivity index (χ1v) is 20.0. The Hall–Kier alpha value is -1.44. The number of aliphatic hydroxyl groups is 2. The zero-order valence-electron chi connectivity index (χ0n) is 30.6. The highest BCUT2D eigenvalue weighted by Crippen LogP contribution is 2.24. The molecule has 276 valence electrons. The first kappa shape index (κ1) is 43.6. The van der Waals surface area contributed by atoms with E-state index in [1.165, 1.54) is 116 Å². The van der Waals surface area contributed by atoms with Gasteiger partial charge >= 0.3 is 11.9 Å². The molecule has 1 fully saturated rings. The number of esters is 2. The van der Waals surface area contributed by atoms with Gasteiger partial charge in [-0.05, 0) is 38.5 Å². The summed E-state index contributed by atoms with van der Waals surface area (Å²) in [6.45, 7) is 4.03. The van der Waals surface area contributed by atoms with Gasteiger partial charge in [0.2, 0.25) is 0 Å². The van der Waals surface area contributed by atoms with Crippen LogP contribution in [0.2, 0.25) is 0 Å². The van der Waals surface area contributed by atoms with Crippen LogP contribution in [0.1, 0.15) is 194 Å². The fourth-order valence-corrected chi connectivity index (χ4v) is 6.36. The van der Waals surface area contributed by atoms with Gasteiger partial charge in [0.05, 0.1) is 13.2 Å². The molecule has 0 saturated carbocycles. The molecule has 2 N–H and O–H groups in total. The zero-order valence-corrected chi connectivity index (χ0v) is 30.6. The van der Waals surface area contributed by atoms with Crippen molar-refractivity contribution in [3.8, 4) is 0 Å². The molecular formula is C40H74O7. The quantitative estimate of drug-likeness (QED) is 0.0408. The summed E-state index contributed by atoms with van der Waals surface area (Å²) in [4.78, 5) is 25.0. The second kappa shape index (κ2) is 31.8. The standard InChI is InChI=1S/C40H74O7/c1-3-5-7-9-11-13-15-17-18-20-22-23-25-27-29-31-37(43)46-36(33-41)40-39(35(42)34-45-40)47-38(44)32-30-28-26-24-21-19-16-14-12-10-8-6-4-2/h17-18,35-36,39-42H,3-16,19-34H2,1-2H3/b18-17-/t35-,36+,39+,40+/m0/s1. The third-order valence-corrected chi connectivity index (χ3v) is 9.39. The third-order valence-electron chi connectivity index (χ3n) is 9.39. The number of hydrogen-bond acceptors (Lipinski definition) is 7. The first-order chi connectivity index (χ1) is 23.0. The van der Waals surface area contributed by atoms with Gasteiger partial charge in [0.25, 0.3) is 0 Å². The minimum absolute atomic E-state index is 0.0242. The van der Waals surface area contributed by atoms with Gasteiger partial charge in [-0.1, -0.05) is 154 Å². The maximum atomic E-state index is 12.5. The molecule has 7 heteroatoms. The fraction of sp³-hybridized carbons (Fsp3) is 0.900. The molecule has 0 aliphatic carbocycles. The van der Waals surface area contributed by atoms with Crippen molar-refractivity contribution in [3.05, 3.63) is 12.2 Å².